The van der Waals surface area contributed by atoms with Crippen molar-refractivity contribution < 1.29 is 0 Å². The monoisotopic (exact) mass is 282 g/mol. The molecule has 0 amide bonds. The van der Waals surface area contributed by atoms with Gasteiger partial charge in [0, 0.05) is 18.6 Å². The van der Waals surface area contributed by atoms with Crippen LogP contribution in [0.1, 0.15) is 66.7 Å². The molecule has 1 N–H and O–H groups in total. The van der Waals surface area contributed by atoms with Crippen molar-refractivity contribution in [2.45, 2.75) is 78.8 Å². The molecule has 2 heteroatoms. The Kier molecular flexibility index (Phi) is 8.13. The number of rotatable bonds is 8. The average molecular weight is 283 g/mol. The third kappa shape index (κ3) is 5.04. The smallest absolute Gasteiger partial charge is 0.0108 e. The van der Waals surface area contributed by atoms with Gasteiger partial charge in [0.15, 0.2) is 0 Å². The van der Waals surface area contributed by atoms with Crippen LogP contribution in [0.25, 0.3) is 0 Å². The first-order valence-corrected chi connectivity index (χ1v) is 8.96. The first kappa shape index (κ1) is 18.0. The van der Waals surface area contributed by atoms with E-state index in [1.54, 1.807) is 0 Å². The van der Waals surface area contributed by atoms with Crippen LogP contribution in [0, 0.1) is 17.8 Å². The minimum atomic E-state index is 0.742. The summed E-state index contributed by atoms with van der Waals surface area (Å²) in [6.07, 6.45) is 6.76. The first-order valence-electron chi connectivity index (χ1n) is 8.96. The van der Waals surface area contributed by atoms with Crippen LogP contribution in [0.15, 0.2) is 0 Å². The van der Waals surface area contributed by atoms with E-state index in [2.05, 4.69) is 51.9 Å². The highest BCUT2D eigenvalue weighted by molar-refractivity contribution is 4.87. The molecule has 1 aliphatic carbocycles. The number of nitrogens with zero attached hydrogens (tertiary/aromatic N) is 1. The summed E-state index contributed by atoms with van der Waals surface area (Å²) in [5.74, 6) is 2.62. The molecule has 1 fully saturated rings. The molecular formula is C18H38N2. The van der Waals surface area contributed by atoms with Gasteiger partial charge in [0.05, 0.1) is 0 Å². The maximum Gasteiger partial charge on any atom is 0.0108 e. The zero-order chi connectivity index (χ0) is 15.1. The predicted octanol–water partition coefficient (Wildman–Crippen LogP) is 4.16. The fraction of sp³-hybridized carbons (Fsp3) is 1.00. The third-order valence-corrected chi connectivity index (χ3v) is 5.52. The summed E-state index contributed by atoms with van der Waals surface area (Å²) in [5, 5.41) is 3.75. The standard InChI is InChI=1S/C18H38N2/c1-7-17(8-2)20(6)13-16-12-15(14(4)5)10-11-18(16)19-9-3/h14-19H,7-13H2,1-6H3. The molecule has 3 atom stereocenters. The molecule has 0 aromatic heterocycles. The Labute approximate surface area is 127 Å². The highest BCUT2D eigenvalue weighted by Gasteiger charge is 2.32. The second-order valence-electron chi connectivity index (χ2n) is 7.15. The highest BCUT2D eigenvalue weighted by Crippen LogP contribution is 2.34. The molecule has 1 rings (SSSR count). The summed E-state index contributed by atoms with van der Waals surface area (Å²) in [4.78, 5) is 2.62. The molecule has 0 aromatic carbocycles. The van der Waals surface area contributed by atoms with Crippen molar-refractivity contribution in [3.63, 3.8) is 0 Å². The second-order valence-corrected chi connectivity index (χ2v) is 7.15. The number of hydrogen-bond donors (Lipinski definition) is 1. The Morgan fingerprint density at radius 2 is 1.75 bits per heavy atom. The number of nitrogens with one attached hydrogen (secondary N) is 1. The molecule has 0 saturated heterocycles. The van der Waals surface area contributed by atoms with Gasteiger partial charge >= 0.3 is 0 Å². The van der Waals surface area contributed by atoms with Crippen molar-refractivity contribution in [1.29, 1.82) is 0 Å². The van der Waals surface area contributed by atoms with E-state index < -0.39 is 0 Å². The Hall–Kier alpha value is -0.0800. The second kappa shape index (κ2) is 9.04. The van der Waals surface area contributed by atoms with E-state index in [0.29, 0.717) is 0 Å². The Balaban J connectivity index is 2.63. The minimum absolute atomic E-state index is 0.742. The normalized spacial score (nSPS) is 27.8. The Morgan fingerprint density at radius 3 is 2.25 bits per heavy atom. The Morgan fingerprint density at radius 1 is 1.10 bits per heavy atom. The zero-order valence-electron chi connectivity index (χ0n) is 14.8. The third-order valence-electron chi connectivity index (χ3n) is 5.52. The van der Waals surface area contributed by atoms with Gasteiger partial charge in [-0.15, -0.1) is 0 Å². The fourth-order valence-electron chi connectivity index (χ4n) is 4.07. The van der Waals surface area contributed by atoms with Crippen LogP contribution in [0.3, 0.4) is 0 Å². The molecule has 120 valence electrons. The van der Waals surface area contributed by atoms with E-state index in [1.165, 1.54) is 38.6 Å². The molecule has 0 spiro atoms. The van der Waals surface area contributed by atoms with Crippen molar-refractivity contribution in [2.75, 3.05) is 20.1 Å². The Bertz CT molecular complexity index is 248. The summed E-state index contributed by atoms with van der Waals surface area (Å²) in [6, 6.07) is 1.50. The minimum Gasteiger partial charge on any atom is -0.314 e. The maximum absolute atomic E-state index is 3.75. The van der Waals surface area contributed by atoms with Gasteiger partial charge < -0.3 is 10.2 Å². The van der Waals surface area contributed by atoms with Crippen molar-refractivity contribution in [3.8, 4) is 0 Å². The van der Waals surface area contributed by atoms with E-state index in [9.17, 15) is 0 Å². The molecule has 3 unspecified atom stereocenters. The molecule has 0 radical (unpaired) electrons. The van der Waals surface area contributed by atoms with E-state index in [4.69, 9.17) is 0 Å². The number of hydrogen-bond acceptors (Lipinski definition) is 2. The van der Waals surface area contributed by atoms with Gasteiger partial charge in [-0.05, 0) is 63.5 Å². The van der Waals surface area contributed by atoms with Gasteiger partial charge in [-0.2, -0.15) is 0 Å². The lowest BCUT2D eigenvalue weighted by atomic mass is 9.73. The lowest BCUT2D eigenvalue weighted by molar-refractivity contribution is 0.111. The lowest BCUT2D eigenvalue weighted by Crippen LogP contribution is -2.47. The summed E-state index contributed by atoms with van der Waals surface area (Å²) in [6.45, 7) is 14.1. The van der Waals surface area contributed by atoms with Crippen LogP contribution in [-0.4, -0.2) is 37.1 Å². The van der Waals surface area contributed by atoms with Crippen LogP contribution in [0.2, 0.25) is 0 Å². The van der Waals surface area contributed by atoms with E-state index in [0.717, 1.165) is 36.4 Å². The fourth-order valence-corrected chi connectivity index (χ4v) is 4.07. The summed E-state index contributed by atoms with van der Waals surface area (Å²) in [5.41, 5.74) is 0. The van der Waals surface area contributed by atoms with Crippen LogP contribution in [0.5, 0.6) is 0 Å². The molecule has 20 heavy (non-hydrogen) atoms. The van der Waals surface area contributed by atoms with Crippen molar-refractivity contribution in [3.05, 3.63) is 0 Å². The van der Waals surface area contributed by atoms with Gasteiger partial charge in [-0.3, -0.25) is 0 Å². The first-order chi connectivity index (χ1) is 9.53. The summed E-state index contributed by atoms with van der Waals surface area (Å²) < 4.78 is 0. The van der Waals surface area contributed by atoms with Gasteiger partial charge in [-0.1, -0.05) is 34.6 Å². The molecule has 1 saturated carbocycles. The summed E-state index contributed by atoms with van der Waals surface area (Å²) in [7, 11) is 2.33. The van der Waals surface area contributed by atoms with Crippen molar-refractivity contribution in [1.82, 2.24) is 10.2 Å². The molecule has 1 aliphatic rings. The van der Waals surface area contributed by atoms with Crippen LogP contribution in [0.4, 0.5) is 0 Å². The van der Waals surface area contributed by atoms with E-state index >= 15 is 0 Å². The zero-order valence-corrected chi connectivity index (χ0v) is 14.8. The molecule has 0 aliphatic heterocycles. The van der Waals surface area contributed by atoms with Gasteiger partial charge in [-0.25, -0.2) is 0 Å². The maximum atomic E-state index is 3.75. The summed E-state index contributed by atoms with van der Waals surface area (Å²) >= 11 is 0. The van der Waals surface area contributed by atoms with Crippen molar-refractivity contribution in [2.24, 2.45) is 17.8 Å². The highest BCUT2D eigenvalue weighted by atomic mass is 15.1. The molecule has 0 bridgehead atoms. The van der Waals surface area contributed by atoms with Crippen LogP contribution in [-0.2, 0) is 0 Å². The van der Waals surface area contributed by atoms with Gasteiger partial charge in [0.2, 0.25) is 0 Å². The molecule has 2 nitrogen and oxygen atoms in total. The van der Waals surface area contributed by atoms with E-state index in [1.807, 2.05) is 0 Å². The van der Waals surface area contributed by atoms with E-state index in [-0.39, 0.29) is 0 Å². The quantitative estimate of drug-likeness (QED) is 0.719. The molecule has 0 heterocycles. The predicted molar refractivity (Wildman–Crippen MR) is 90.1 cm³/mol. The average Bonchev–Trinajstić information content (AvgIpc) is 2.42. The topological polar surface area (TPSA) is 15.3 Å². The van der Waals surface area contributed by atoms with Crippen LogP contribution >= 0.6 is 0 Å². The largest absolute Gasteiger partial charge is 0.314 e. The SMILES string of the molecule is CCNC1CCC(C(C)C)CC1CN(C)C(CC)CC. The lowest BCUT2D eigenvalue weighted by Gasteiger charge is -2.41. The van der Waals surface area contributed by atoms with Gasteiger partial charge in [0.1, 0.15) is 0 Å². The van der Waals surface area contributed by atoms with Crippen molar-refractivity contribution >= 4 is 0 Å². The van der Waals surface area contributed by atoms with Gasteiger partial charge in [0.25, 0.3) is 0 Å². The molecular weight excluding hydrogens is 244 g/mol. The van der Waals surface area contributed by atoms with Crippen LogP contribution < -0.4 is 5.32 Å². The molecule has 0 aromatic rings.